The molecule has 3 N–H and O–H groups in total. The summed E-state index contributed by atoms with van der Waals surface area (Å²) >= 11 is 0. The minimum atomic E-state index is -0.250. The highest BCUT2D eigenvalue weighted by Crippen LogP contribution is 2.39. The molecule has 0 saturated carbocycles. The molecule has 0 atom stereocenters. The van der Waals surface area contributed by atoms with Gasteiger partial charge in [0.05, 0.1) is 0 Å². The van der Waals surface area contributed by atoms with Crippen molar-refractivity contribution in [2.24, 2.45) is 0 Å². The molecule has 0 aromatic heterocycles. The van der Waals surface area contributed by atoms with Gasteiger partial charge in [-0.1, -0.05) is 74.4 Å². The van der Waals surface area contributed by atoms with Crippen LogP contribution in [0.4, 0.5) is 5.69 Å². The number of hydrogen-bond donors (Lipinski definition) is 2. The van der Waals surface area contributed by atoms with E-state index in [1.807, 2.05) is 0 Å². The Labute approximate surface area is 135 Å². The lowest BCUT2D eigenvalue weighted by Crippen LogP contribution is -2.23. The van der Waals surface area contributed by atoms with E-state index in [4.69, 9.17) is 15.6 Å². The molecule has 0 fully saturated rings. The topological polar surface area (TPSA) is 63.3 Å². The van der Waals surface area contributed by atoms with E-state index in [-0.39, 0.29) is 22.7 Å². The average Bonchev–Trinajstić information content (AvgIpc) is 2.25. The summed E-state index contributed by atoms with van der Waals surface area (Å²) in [4.78, 5) is 8.36. The molecule has 3 nitrogen and oxygen atoms in total. The molecule has 0 aliphatic rings. The summed E-state index contributed by atoms with van der Waals surface area (Å²) < 4.78 is 0. The average molecular weight is 307 g/mol. The zero-order valence-corrected chi connectivity index (χ0v) is 15.7. The van der Waals surface area contributed by atoms with Crippen LogP contribution in [0.1, 0.15) is 79.0 Å². The van der Waals surface area contributed by atoms with Crippen LogP contribution in [-0.2, 0) is 21.0 Å². The third kappa shape index (κ3) is 5.36. The van der Waals surface area contributed by atoms with Crippen molar-refractivity contribution in [1.82, 2.24) is 0 Å². The van der Waals surface area contributed by atoms with Crippen molar-refractivity contribution in [3.8, 4) is 0 Å². The van der Waals surface area contributed by atoms with Gasteiger partial charge in [-0.15, -0.1) is 0 Å². The lowest BCUT2D eigenvalue weighted by atomic mass is 9.74. The Kier molecular flexibility index (Phi) is 6.26. The molecular weight excluding hydrogens is 274 g/mol. The fourth-order valence-electron chi connectivity index (χ4n) is 2.33. The third-order valence-electron chi connectivity index (χ3n) is 3.66. The summed E-state index contributed by atoms with van der Waals surface area (Å²) in [5.74, 6) is 0. The lowest BCUT2D eigenvalue weighted by molar-refractivity contribution is -0.122. The number of anilines is 1. The Balaban J connectivity index is 0.00000135. The Hall–Kier alpha value is -1.51. The Morgan fingerprint density at radius 3 is 1.27 bits per heavy atom. The summed E-state index contributed by atoms with van der Waals surface area (Å²) in [5.41, 5.74) is 11.6. The number of benzene rings is 1. The summed E-state index contributed by atoms with van der Waals surface area (Å²) in [7, 11) is 0. The van der Waals surface area contributed by atoms with Crippen LogP contribution >= 0.6 is 0 Å². The molecule has 1 aromatic rings. The molecule has 0 spiro atoms. The van der Waals surface area contributed by atoms with Crippen molar-refractivity contribution >= 4 is 12.2 Å². The molecule has 1 aromatic carbocycles. The summed E-state index contributed by atoms with van der Waals surface area (Å²) in [6.07, 6.45) is 0. The molecule has 0 saturated heterocycles. The van der Waals surface area contributed by atoms with Crippen LogP contribution in [0.15, 0.2) is 12.1 Å². The van der Waals surface area contributed by atoms with Gasteiger partial charge >= 0.3 is 0 Å². The molecule has 3 heteroatoms. The molecule has 0 heterocycles. The third-order valence-corrected chi connectivity index (χ3v) is 3.66. The highest BCUT2D eigenvalue weighted by Gasteiger charge is 2.27. The van der Waals surface area contributed by atoms with E-state index in [9.17, 15) is 0 Å². The number of nitrogen functional groups attached to an aromatic ring is 1. The van der Waals surface area contributed by atoms with Crippen LogP contribution in [0.5, 0.6) is 0 Å². The maximum absolute atomic E-state index is 8.36. The summed E-state index contributed by atoms with van der Waals surface area (Å²) in [5, 5.41) is 6.89. The van der Waals surface area contributed by atoms with Crippen molar-refractivity contribution in [2.45, 2.75) is 78.6 Å². The standard InChI is InChI=1S/C18H31N.CH2O2/c1-16(2,3)12-10-13(17(4,5)6)15(19)14(11-12)18(7,8)9;2-1-3/h10-11H,19H2,1-9H3;1H,(H,2,3). The minimum absolute atomic E-state index is 0.0747. The number of nitrogens with two attached hydrogens (primary N) is 1. The molecule has 0 aliphatic heterocycles. The van der Waals surface area contributed by atoms with Gasteiger partial charge in [0.1, 0.15) is 0 Å². The van der Waals surface area contributed by atoms with E-state index in [1.54, 1.807) is 0 Å². The Morgan fingerprint density at radius 2 is 1.09 bits per heavy atom. The molecule has 0 aliphatic carbocycles. The van der Waals surface area contributed by atoms with E-state index in [1.165, 1.54) is 16.7 Å². The van der Waals surface area contributed by atoms with E-state index in [2.05, 4.69) is 74.4 Å². The van der Waals surface area contributed by atoms with Crippen LogP contribution in [0.2, 0.25) is 0 Å². The van der Waals surface area contributed by atoms with Gasteiger partial charge in [0.15, 0.2) is 0 Å². The molecule has 0 unspecified atom stereocenters. The second kappa shape index (κ2) is 6.72. The highest BCUT2D eigenvalue weighted by atomic mass is 16.3. The lowest BCUT2D eigenvalue weighted by Gasteiger charge is -2.32. The zero-order valence-electron chi connectivity index (χ0n) is 15.7. The molecule has 0 bridgehead atoms. The van der Waals surface area contributed by atoms with Crippen LogP contribution in [0.25, 0.3) is 0 Å². The maximum Gasteiger partial charge on any atom is 0.290 e. The second-order valence-electron chi connectivity index (χ2n) is 8.84. The smallest absolute Gasteiger partial charge is 0.290 e. The molecule has 1 rings (SSSR count). The first-order valence-electron chi connectivity index (χ1n) is 7.69. The summed E-state index contributed by atoms with van der Waals surface area (Å²) in [6, 6.07) is 4.59. The van der Waals surface area contributed by atoms with E-state index >= 15 is 0 Å². The van der Waals surface area contributed by atoms with Crippen LogP contribution < -0.4 is 5.73 Å². The predicted octanol–water partition coefficient (Wildman–Crippen LogP) is 4.86. The second-order valence-corrected chi connectivity index (χ2v) is 8.84. The summed E-state index contributed by atoms with van der Waals surface area (Å²) in [6.45, 7) is 19.9. The highest BCUT2D eigenvalue weighted by molar-refractivity contribution is 5.61. The van der Waals surface area contributed by atoms with Gasteiger partial charge < -0.3 is 10.8 Å². The van der Waals surface area contributed by atoms with Gasteiger partial charge in [0.25, 0.3) is 6.47 Å². The number of rotatable bonds is 0. The van der Waals surface area contributed by atoms with Crippen LogP contribution in [-0.4, -0.2) is 11.6 Å². The van der Waals surface area contributed by atoms with Crippen molar-refractivity contribution < 1.29 is 9.90 Å². The first kappa shape index (κ1) is 20.5. The largest absolute Gasteiger partial charge is 0.483 e. The quantitative estimate of drug-likeness (QED) is 0.531. The molecule has 0 radical (unpaired) electrons. The molecular formula is C19H33NO2. The van der Waals surface area contributed by atoms with Crippen LogP contribution in [0.3, 0.4) is 0 Å². The first-order valence-corrected chi connectivity index (χ1v) is 7.69. The monoisotopic (exact) mass is 307 g/mol. The van der Waals surface area contributed by atoms with Gasteiger partial charge in [-0.25, -0.2) is 0 Å². The first-order chi connectivity index (χ1) is 9.66. The number of hydrogen-bond acceptors (Lipinski definition) is 2. The van der Waals surface area contributed by atoms with E-state index < -0.39 is 0 Å². The Bertz CT molecular complexity index is 477. The van der Waals surface area contributed by atoms with Crippen LogP contribution in [0, 0.1) is 0 Å². The zero-order chi connectivity index (χ0) is 17.9. The predicted molar refractivity (Wildman–Crippen MR) is 95.6 cm³/mol. The fourth-order valence-corrected chi connectivity index (χ4v) is 2.33. The van der Waals surface area contributed by atoms with Gasteiger partial charge in [0, 0.05) is 5.69 Å². The normalized spacial score (nSPS) is 12.4. The van der Waals surface area contributed by atoms with Crippen molar-refractivity contribution in [2.75, 3.05) is 5.73 Å². The van der Waals surface area contributed by atoms with Gasteiger partial charge in [-0.2, -0.15) is 0 Å². The van der Waals surface area contributed by atoms with Gasteiger partial charge in [-0.05, 0) is 32.9 Å². The molecule has 0 amide bonds. The number of carbonyl (C=O) groups is 1. The SMILES string of the molecule is CC(C)(C)c1cc(C(C)(C)C)c(N)c(C(C)(C)C)c1.O=CO. The maximum atomic E-state index is 8.36. The Morgan fingerprint density at radius 1 is 0.818 bits per heavy atom. The minimum Gasteiger partial charge on any atom is -0.483 e. The molecule has 126 valence electrons. The van der Waals surface area contributed by atoms with Gasteiger partial charge in [0.2, 0.25) is 0 Å². The van der Waals surface area contributed by atoms with E-state index in [0.29, 0.717) is 0 Å². The fraction of sp³-hybridized carbons (Fsp3) is 0.632. The van der Waals surface area contributed by atoms with E-state index in [0.717, 1.165) is 5.69 Å². The van der Waals surface area contributed by atoms with Crippen molar-refractivity contribution in [3.63, 3.8) is 0 Å². The van der Waals surface area contributed by atoms with Crippen molar-refractivity contribution in [1.29, 1.82) is 0 Å². The number of carboxylic acid groups (broad SMARTS) is 1. The molecule has 22 heavy (non-hydrogen) atoms. The van der Waals surface area contributed by atoms with Gasteiger partial charge in [-0.3, -0.25) is 4.79 Å². The van der Waals surface area contributed by atoms with Crippen molar-refractivity contribution in [3.05, 3.63) is 28.8 Å².